The molecule has 1 amide bonds. The summed E-state index contributed by atoms with van der Waals surface area (Å²) in [6, 6.07) is 0. The normalized spacial score (nSPS) is 21.1. The largest absolute Gasteiger partial charge is 0.381 e. The highest BCUT2D eigenvalue weighted by Gasteiger charge is 2.39. The standard InChI is InChI=1S/C13H19N3O2S.ClH/c14-8-13(3-5-18-6-4-13)11(17)16-12-15-10(7-19-12)9-1-2-9;/h7,9H,1-6,8,14H2,(H,15,16,17);1H. The molecule has 2 aliphatic rings. The van der Waals surface area contributed by atoms with Gasteiger partial charge in [0.2, 0.25) is 5.91 Å². The molecule has 0 radical (unpaired) electrons. The first-order valence-corrected chi connectivity index (χ1v) is 7.66. The van der Waals surface area contributed by atoms with Crippen molar-refractivity contribution in [2.45, 2.75) is 31.6 Å². The number of hydrogen-bond acceptors (Lipinski definition) is 5. The van der Waals surface area contributed by atoms with Gasteiger partial charge in [-0.05, 0) is 25.7 Å². The predicted molar refractivity (Wildman–Crippen MR) is 81.5 cm³/mol. The Kier molecular flexibility index (Phi) is 5.01. The number of halogens is 1. The molecule has 7 heteroatoms. The van der Waals surface area contributed by atoms with Crippen molar-refractivity contribution in [2.75, 3.05) is 25.1 Å². The number of thiazole rings is 1. The second-order valence-corrected chi connectivity index (χ2v) is 6.26. The van der Waals surface area contributed by atoms with Crippen LogP contribution in [-0.4, -0.2) is 30.6 Å². The van der Waals surface area contributed by atoms with Crippen LogP contribution < -0.4 is 11.1 Å². The lowest BCUT2D eigenvalue weighted by Gasteiger charge is -2.34. The van der Waals surface area contributed by atoms with Gasteiger partial charge >= 0.3 is 0 Å². The lowest BCUT2D eigenvalue weighted by Crippen LogP contribution is -2.46. The van der Waals surface area contributed by atoms with Crippen LogP contribution in [0.25, 0.3) is 0 Å². The average molecular weight is 318 g/mol. The summed E-state index contributed by atoms with van der Waals surface area (Å²) in [6.07, 6.45) is 3.83. The molecule has 112 valence electrons. The minimum absolute atomic E-state index is 0. The third kappa shape index (κ3) is 3.14. The summed E-state index contributed by atoms with van der Waals surface area (Å²) in [5, 5.41) is 5.69. The number of ether oxygens (including phenoxy) is 1. The van der Waals surface area contributed by atoms with Gasteiger partial charge in [0.15, 0.2) is 5.13 Å². The fourth-order valence-corrected chi connectivity index (χ4v) is 3.21. The predicted octanol–water partition coefficient (Wildman–Crippen LogP) is 2.14. The number of anilines is 1. The van der Waals surface area contributed by atoms with E-state index in [1.54, 1.807) is 0 Å². The van der Waals surface area contributed by atoms with Crippen LogP contribution in [0.4, 0.5) is 5.13 Å². The summed E-state index contributed by atoms with van der Waals surface area (Å²) in [5.74, 6) is 0.614. The van der Waals surface area contributed by atoms with Gasteiger partial charge in [-0.3, -0.25) is 4.79 Å². The molecule has 3 N–H and O–H groups in total. The van der Waals surface area contributed by atoms with Gasteiger partial charge in [-0.2, -0.15) is 0 Å². The first kappa shape index (κ1) is 15.7. The Labute approximate surface area is 128 Å². The molecule has 3 rings (SSSR count). The number of hydrogen-bond donors (Lipinski definition) is 2. The quantitative estimate of drug-likeness (QED) is 0.892. The third-order valence-corrected chi connectivity index (χ3v) is 4.84. The fourth-order valence-electron chi connectivity index (χ4n) is 2.43. The summed E-state index contributed by atoms with van der Waals surface area (Å²) in [6.45, 7) is 1.58. The van der Waals surface area contributed by atoms with Gasteiger partial charge in [0.1, 0.15) is 0 Å². The highest BCUT2D eigenvalue weighted by molar-refractivity contribution is 7.13. The van der Waals surface area contributed by atoms with Crippen molar-refractivity contribution in [3.63, 3.8) is 0 Å². The monoisotopic (exact) mass is 317 g/mol. The van der Waals surface area contributed by atoms with Crippen LogP contribution in [-0.2, 0) is 9.53 Å². The van der Waals surface area contributed by atoms with Crippen molar-refractivity contribution in [1.29, 1.82) is 0 Å². The Balaban J connectivity index is 0.00000147. The second-order valence-electron chi connectivity index (χ2n) is 5.40. The maximum atomic E-state index is 12.4. The fraction of sp³-hybridized carbons (Fsp3) is 0.692. The van der Waals surface area contributed by atoms with Crippen LogP contribution in [0, 0.1) is 5.41 Å². The third-order valence-electron chi connectivity index (χ3n) is 4.06. The summed E-state index contributed by atoms with van der Waals surface area (Å²) >= 11 is 1.50. The average Bonchev–Trinajstić information content (AvgIpc) is 3.20. The van der Waals surface area contributed by atoms with Crippen molar-refractivity contribution < 1.29 is 9.53 Å². The van der Waals surface area contributed by atoms with E-state index in [2.05, 4.69) is 10.3 Å². The van der Waals surface area contributed by atoms with Crippen LogP contribution >= 0.6 is 23.7 Å². The Morgan fingerprint density at radius 1 is 1.50 bits per heavy atom. The number of aromatic nitrogens is 1. The number of carbonyl (C=O) groups excluding carboxylic acids is 1. The van der Waals surface area contributed by atoms with Crippen molar-refractivity contribution in [2.24, 2.45) is 11.1 Å². The van der Waals surface area contributed by atoms with Crippen LogP contribution in [0.15, 0.2) is 5.38 Å². The van der Waals surface area contributed by atoms with E-state index in [9.17, 15) is 4.79 Å². The highest BCUT2D eigenvalue weighted by Crippen LogP contribution is 2.41. The van der Waals surface area contributed by atoms with Gasteiger partial charge in [-0.1, -0.05) is 0 Å². The topological polar surface area (TPSA) is 77.2 Å². The van der Waals surface area contributed by atoms with Gasteiger partial charge in [0.25, 0.3) is 0 Å². The van der Waals surface area contributed by atoms with E-state index in [1.165, 1.54) is 24.2 Å². The molecule has 5 nitrogen and oxygen atoms in total. The number of nitrogens with zero attached hydrogens (tertiary/aromatic N) is 1. The van der Waals surface area contributed by atoms with Crippen molar-refractivity contribution >= 4 is 34.8 Å². The summed E-state index contributed by atoms with van der Waals surface area (Å²) in [7, 11) is 0. The van der Waals surface area contributed by atoms with Crippen LogP contribution in [0.1, 0.15) is 37.3 Å². The first-order valence-electron chi connectivity index (χ1n) is 6.78. The van der Waals surface area contributed by atoms with Gasteiger partial charge in [-0.15, -0.1) is 23.7 Å². The molecule has 0 spiro atoms. The summed E-state index contributed by atoms with van der Waals surface area (Å²) < 4.78 is 5.32. The van der Waals surface area contributed by atoms with Crippen LogP contribution in [0.2, 0.25) is 0 Å². The maximum Gasteiger partial charge on any atom is 0.233 e. The molecule has 0 unspecified atom stereocenters. The SMILES string of the molecule is Cl.NCC1(C(=O)Nc2nc(C3CC3)cs2)CCOCC1. The number of carbonyl (C=O) groups is 1. The van der Waals surface area contributed by atoms with E-state index in [1.807, 2.05) is 5.38 Å². The van der Waals surface area contributed by atoms with E-state index >= 15 is 0 Å². The molecule has 1 aromatic rings. The Morgan fingerprint density at radius 3 is 2.80 bits per heavy atom. The molecule has 1 saturated carbocycles. The molecular formula is C13H20ClN3O2S. The second kappa shape index (κ2) is 6.39. The molecule has 0 atom stereocenters. The maximum absolute atomic E-state index is 12.4. The van der Waals surface area contributed by atoms with Crippen LogP contribution in [0.3, 0.4) is 0 Å². The summed E-state index contributed by atoms with van der Waals surface area (Å²) in [4.78, 5) is 16.9. The summed E-state index contributed by atoms with van der Waals surface area (Å²) in [5.41, 5.74) is 6.46. The molecule has 1 aliphatic heterocycles. The molecule has 1 saturated heterocycles. The molecule has 2 heterocycles. The minimum Gasteiger partial charge on any atom is -0.381 e. The molecule has 0 bridgehead atoms. The van der Waals surface area contributed by atoms with E-state index in [-0.39, 0.29) is 18.3 Å². The van der Waals surface area contributed by atoms with Crippen molar-refractivity contribution in [3.05, 3.63) is 11.1 Å². The molecule has 1 aliphatic carbocycles. The van der Waals surface area contributed by atoms with Crippen molar-refractivity contribution in [3.8, 4) is 0 Å². The van der Waals surface area contributed by atoms with E-state index < -0.39 is 5.41 Å². The zero-order valence-electron chi connectivity index (χ0n) is 11.3. The van der Waals surface area contributed by atoms with E-state index in [0.717, 1.165) is 5.69 Å². The smallest absolute Gasteiger partial charge is 0.233 e. The number of nitrogens with one attached hydrogen (secondary N) is 1. The van der Waals surface area contributed by atoms with E-state index in [0.29, 0.717) is 43.6 Å². The molecule has 20 heavy (non-hydrogen) atoms. The molecule has 2 fully saturated rings. The zero-order valence-corrected chi connectivity index (χ0v) is 12.9. The Hall–Kier alpha value is -0.690. The molecule has 1 aromatic heterocycles. The van der Waals surface area contributed by atoms with Gasteiger partial charge < -0.3 is 15.8 Å². The van der Waals surface area contributed by atoms with Crippen LogP contribution in [0.5, 0.6) is 0 Å². The van der Waals surface area contributed by atoms with Gasteiger partial charge in [0, 0.05) is 31.1 Å². The number of amides is 1. The Morgan fingerprint density at radius 2 is 2.20 bits per heavy atom. The minimum atomic E-state index is -0.482. The molecule has 0 aromatic carbocycles. The van der Waals surface area contributed by atoms with E-state index in [4.69, 9.17) is 10.5 Å². The van der Waals surface area contributed by atoms with Crippen molar-refractivity contribution in [1.82, 2.24) is 4.98 Å². The van der Waals surface area contributed by atoms with Gasteiger partial charge in [0.05, 0.1) is 11.1 Å². The highest BCUT2D eigenvalue weighted by atomic mass is 35.5. The van der Waals surface area contributed by atoms with Gasteiger partial charge in [-0.25, -0.2) is 4.98 Å². The lowest BCUT2D eigenvalue weighted by atomic mass is 9.79. The zero-order chi connectivity index (χ0) is 13.3. The first-order chi connectivity index (χ1) is 9.23. The number of rotatable bonds is 4. The molecular weight excluding hydrogens is 298 g/mol. The number of nitrogens with two attached hydrogens (primary N) is 1. The Bertz CT molecular complexity index is 470. The lowest BCUT2D eigenvalue weighted by molar-refractivity contribution is -0.130.